The van der Waals surface area contributed by atoms with Crippen LogP contribution in [-0.2, 0) is 0 Å². The van der Waals surface area contributed by atoms with Gasteiger partial charge in [0.25, 0.3) is 0 Å². The number of aliphatic hydroxyl groups is 1. The van der Waals surface area contributed by atoms with E-state index >= 15 is 0 Å². The summed E-state index contributed by atoms with van der Waals surface area (Å²) in [7, 11) is 1.84. The summed E-state index contributed by atoms with van der Waals surface area (Å²) < 4.78 is 0. The fourth-order valence-corrected chi connectivity index (χ4v) is 1.32. The molecule has 1 aromatic carbocycles. The first-order valence-corrected chi connectivity index (χ1v) is 4.74. The zero-order valence-corrected chi connectivity index (χ0v) is 8.94. The van der Waals surface area contributed by atoms with Gasteiger partial charge >= 0.3 is 0 Å². The Hall–Kier alpha value is -1.73. The number of hydrogen-bond donors (Lipinski definition) is 2. The number of rotatable bonds is 3. The Kier molecular flexibility index (Phi) is 3.53. The molecule has 1 atom stereocenters. The van der Waals surface area contributed by atoms with E-state index in [1.54, 1.807) is 12.1 Å². The molecule has 0 aliphatic rings. The van der Waals surface area contributed by atoms with Gasteiger partial charge in [-0.2, -0.15) is 5.26 Å². The van der Waals surface area contributed by atoms with Crippen LogP contribution in [0.5, 0.6) is 0 Å². The Balaban J connectivity index is 3.10. The molecule has 1 rings (SSSR count). The maximum atomic E-state index is 9.04. The molecule has 4 heteroatoms. The van der Waals surface area contributed by atoms with Gasteiger partial charge in [-0.15, -0.1) is 0 Å². The molecule has 1 unspecified atom stereocenters. The molecule has 80 valence electrons. The quantitative estimate of drug-likeness (QED) is 0.721. The third-order valence-corrected chi connectivity index (χ3v) is 2.51. The number of nitrogens with zero attached hydrogens (tertiary/aromatic N) is 2. The van der Waals surface area contributed by atoms with Crippen molar-refractivity contribution in [3.05, 3.63) is 23.8 Å². The standard InChI is InChI=1S/C11H15N3O/c1-8(7-15)14(2)10-5-3-4-9(6-12)11(10)13/h3-5,8,15H,7,13H2,1-2H3. The summed E-state index contributed by atoms with van der Waals surface area (Å²) in [5, 5.41) is 17.9. The van der Waals surface area contributed by atoms with Crippen molar-refractivity contribution >= 4 is 11.4 Å². The van der Waals surface area contributed by atoms with E-state index in [1.807, 2.05) is 31.0 Å². The summed E-state index contributed by atoms with van der Waals surface area (Å²) in [5.74, 6) is 0. The average molecular weight is 205 g/mol. The molecule has 0 aromatic heterocycles. The number of nitriles is 1. The highest BCUT2D eigenvalue weighted by Gasteiger charge is 2.13. The van der Waals surface area contributed by atoms with Crippen LogP contribution in [0.2, 0.25) is 0 Å². The lowest BCUT2D eigenvalue weighted by Gasteiger charge is -2.26. The normalized spacial score (nSPS) is 11.9. The SMILES string of the molecule is CC(CO)N(C)c1cccc(C#N)c1N. The molecule has 3 N–H and O–H groups in total. The molecule has 0 aliphatic carbocycles. The number of hydrogen-bond acceptors (Lipinski definition) is 4. The second-order valence-electron chi connectivity index (χ2n) is 3.49. The summed E-state index contributed by atoms with van der Waals surface area (Å²) >= 11 is 0. The molecule has 4 nitrogen and oxygen atoms in total. The molecule has 0 spiro atoms. The van der Waals surface area contributed by atoms with Crippen LogP contribution in [0.25, 0.3) is 0 Å². The van der Waals surface area contributed by atoms with Crippen molar-refractivity contribution in [2.75, 3.05) is 24.3 Å². The number of likely N-dealkylation sites (N-methyl/N-ethyl adjacent to an activating group) is 1. The molecule has 0 aliphatic heterocycles. The van der Waals surface area contributed by atoms with Crippen molar-refractivity contribution in [2.45, 2.75) is 13.0 Å². The molecule has 0 fully saturated rings. The van der Waals surface area contributed by atoms with Crippen molar-refractivity contribution < 1.29 is 5.11 Å². The minimum Gasteiger partial charge on any atom is -0.396 e. The van der Waals surface area contributed by atoms with Crippen LogP contribution in [0.3, 0.4) is 0 Å². The number of nitrogens with two attached hydrogens (primary N) is 1. The maximum Gasteiger partial charge on any atom is 0.101 e. The van der Waals surface area contributed by atoms with Gasteiger partial charge in [-0.05, 0) is 19.1 Å². The van der Waals surface area contributed by atoms with Crippen molar-refractivity contribution in [3.8, 4) is 6.07 Å². The molecule has 0 amide bonds. The molecular formula is C11H15N3O. The maximum absolute atomic E-state index is 9.04. The van der Waals surface area contributed by atoms with Crippen LogP contribution in [0, 0.1) is 11.3 Å². The van der Waals surface area contributed by atoms with Gasteiger partial charge in [0.05, 0.1) is 23.5 Å². The van der Waals surface area contributed by atoms with E-state index in [4.69, 9.17) is 16.1 Å². The number of para-hydroxylation sites is 1. The smallest absolute Gasteiger partial charge is 0.101 e. The van der Waals surface area contributed by atoms with Crippen LogP contribution in [0.15, 0.2) is 18.2 Å². The summed E-state index contributed by atoms with van der Waals surface area (Å²) in [6, 6.07) is 7.30. The lowest BCUT2D eigenvalue weighted by molar-refractivity contribution is 0.270. The minimum atomic E-state index is -0.0266. The molecule has 1 aromatic rings. The number of aliphatic hydroxyl groups excluding tert-OH is 1. The second-order valence-corrected chi connectivity index (χ2v) is 3.49. The third kappa shape index (κ3) is 2.20. The van der Waals surface area contributed by atoms with Gasteiger partial charge in [0, 0.05) is 13.1 Å². The Labute approximate surface area is 89.5 Å². The molecular weight excluding hydrogens is 190 g/mol. The van der Waals surface area contributed by atoms with Crippen molar-refractivity contribution in [1.29, 1.82) is 5.26 Å². The molecule has 0 bridgehead atoms. The predicted molar refractivity (Wildman–Crippen MR) is 60.5 cm³/mol. The molecule has 0 saturated carbocycles. The third-order valence-electron chi connectivity index (χ3n) is 2.51. The first kappa shape index (κ1) is 11.3. The van der Waals surface area contributed by atoms with E-state index in [1.165, 1.54) is 0 Å². The van der Waals surface area contributed by atoms with E-state index in [2.05, 4.69) is 0 Å². The monoisotopic (exact) mass is 205 g/mol. The van der Waals surface area contributed by atoms with Gasteiger partial charge in [-0.1, -0.05) is 6.07 Å². The van der Waals surface area contributed by atoms with E-state index < -0.39 is 0 Å². The minimum absolute atomic E-state index is 0.0266. The first-order valence-electron chi connectivity index (χ1n) is 4.74. The predicted octanol–water partition coefficient (Wildman–Crippen LogP) is 0.957. The zero-order chi connectivity index (χ0) is 11.4. The Morgan fingerprint density at radius 2 is 2.27 bits per heavy atom. The molecule has 0 heterocycles. The Bertz CT molecular complexity index is 384. The second kappa shape index (κ2) is 4.67. The first-order chi connectivity index (χ1) is 7.11. The summed E-state index contributed by atoms with van der Waals surface area (Å²) in [4.78, 5) is 1.86. The highest BCUT2D eigenvalue weighted by molar-refractivity contribution is 5.73. The van der Waals surface area contributed by atoms with Crippen LogP contribution < -0.4 is 10.6 Å². The molecule has 0 saturated heterocycles. The van der Waals surface area contributed by atoms with Gasteiger partial charge in [-0.25, -0.2) is 0 Å². The van der Waals surface area contributed by atoms with Crippen molar-refractivity contribution in [3.63, 3.8) is 0 Å². The van der Waals surface area contributed by atoms with Gasteiger partial charge in [-0.3, -0.25) is 0 Å². The van der Waals surface area contributed by atoms with E-state index in [0.29, 0.717) is 11.3 Å². The van der Waals surface area contributed by atoms with Crippen molar-refractivity contribution in [1.82, 2.24) is 0 Å². The average Bonchev–Trinajstić information content (AvgIpc) is 2.27. The van der Waals surface area contributed by atoms with Gasteiger partial charge in [0.15, 0.2) is 0 Å². The fraction of sp³-hybridized carbons (Fsp3) is 0.364. The van der Waals surface area contributed by atoms with Gasteiger partial charge in [0.2, 0.25) is 0 Å². The molecule has 15 heavy (non-hydrogen) atoms. The van der Waals surface area contributed by atoms with Crippen molar-refractivity contribution in [2.24, 2.45) is 0 Å². The number of anilines is 2. The fourth-order valence-electron chi connectivity index (χ4n) is 1.32. The van der Waals surface area contributed by atoms with Gasteiger partial charge in [0.1, 0.15) is 6.07 Å². The topological polar surface area (TPSA) is 73.3 Å². The zero-order valence-electron chi connectivity index (χ0n) is 8.94. The van der Waals surface area contributed by atoms with Crippen LogP contribution in [0.1, 0.15) is 12.5 Å². The number of benzene rings is 1. The van der Waals surface area contributed by atoms with E-state index in [-0.39, 0.29) is 12.6 Å². The Morgan fingerprint density at radius 3 is 2.80 bits per heavy atom. The lowest BCUT2D eigenvalue weighted by atomic mass is 10.1. The number of nitrogen functional groups attached to an aromatic ring is 1. The van der Waals surface area contributed by atoms with Crippen LogP contribution in [-0.4, -0.2) is 24.8 Å². The van der Waals surface area contributed by atoms with Crippen LogP contribution in [0.4, 0.5) is 11.4 Å². The summed E-state index contributed by atoms with van der Waals surface area (Å²) in [5.41, 5.74) is 7.54. The highest BCUT2D eigenvalue weighted by Crippen LogP contribution is 2.26. The summed E-state index contributed by atoms with van der Waals surface area (Å²) in [6.45, 7) is 1.94. The van der Waals surface area contributed by atoms with E-state index in [9.17, 15) is 0 Å². The lowest BCUT2D eigenvalue weighted by Crippen LogP contribution is -2.32. The summed E-state index contributed by atoms with van der Waals surface area (Å²) in [6.07, 6.45) is 0. The molecule has 0 radical (unpaired) electrons. The van der Waals surface area contributed by atoms with Gasteiger partial charge < -0.3 is 15.7 Å². The highest BCUT2D eigenvalue weighted by atomic mass is 16.3. The van der Waals surface area contributed by atoms with Crippen LogP contribution >= 0.6 is 0 Å². The largest absolute Gasteiger partial charge is 0.396 e. The Morgan fingerprint density at radius 1 is 1.60 bits per heavy atom. The van der Waals surface area contributed by atoms with E-state index in [0.717, 1.165) is 5.69 Å².